The molecular formula is C14H15N3O. The van der Waals surface area contributed by atoms with Crippen molar-refractivity contribution in [1.29, 1.82) is 0 Å². The Morgan fingerprint density at radius 1 is 1.28 bits per heavy atom. The topological polar surface area (TPSA) is 38.1 Å². The largest absolute Gasteiger partial charge is 0.383 e. The van der Waals surface area contributed by atoms with Gasteiger partial charge in [-0.25, -0.2) is 4.68 Å². The van der Waals surface area contributed by atoms with Crippen molar-refractivity contribution in [3.8, 4) is 5.69 Å². The van der Waals surface area contributed by atoms with Crippen LogP contribution in [0, 0.1) is 0 Å². The van der Waals surface area contributed by atoms with Crippen LogP contribution in [-0.4, -0.2) is 34.6 Å². The van der Waals surface area contributed by atoms with Gasteiger partial charge in [-0.15, -0.1) is 0 Å². The fourth-order valence-corrected chi connectivity index (χ4v) is 1.48. The first kappa shape index (κ1) is 12.1. The standard InChI is InChI=1S/C14H15N3O/c1-16(2)9-8-14(18)12-10-15-17(11-12)13-6-4-3-5-7-13/h3-11H,1-2H3/b9-8+. The summed E-state index contributed by atoms with van der Waals surface area (Å²) in [4.78, 5) is 13.6. The van der Waals surface area contributed by atoms with E-state index in [1.807, 2.05) is 49.3 Å². The first-order valence-corrected chi connectivity index (χ1v) is 5.66. The minimum absolute atomic E-state index is 0.0501. The summed E-state index contributed by atoms with van der Waals surface area (Å²) < 4.78 is 1.69. The monoisotopic (exact) mass is 241 g/mol. The summed E-state index contributed by atoms with van der Waals surface area (Å²) in [6.45, 7) is 0. The van der Waals surface area contributed by atoms with Crippen LogP contribution < -0.4 is 0 Å². The third-order valence-corrected chi connectivity index (χ3v) is 2.41. The molecule has 0 atom stereocenters. The second-order valence-electron chi connectivity index (χ2n) is 4.15. The summed E-state index contributed by atoms with van der Waals surface area (Å²) in [6.07, 6.45) is 6.57. The third kappa shape index (κ3) is 2.85. The molecule has 0 bridgehead atoms. The molecule has 0 N–H and O–H groups in total. The number of nitrogens with zero attached hydrogens (tertiary/aromatic N) is 3. The van der Waals surface area contributed by atoms with Crippen LogP contribution in [-0.2, 0) is 0 Å². The Bertz CT molecular complexity index is 555. The van der Waals surface area contributed by atoms with Gasteiger partial charge in [0.2, 0.25) is 0 Å². The molecule has 0 aliphatic rings. The lowest BCUT2D eigenvalue weighted by atomic mass is 10.2. The van der Waals surface area contributed by atoms with Crippen LogP contribution in [0.3, 0.4) is 0 Å². The van der Waals surface area contributed by atoms with Crippen LogP contribution in [0.5, 0.6) is 0 Å². The molecular weight excluding hydrogens is 226 g/mol. The maximum atomic E-state index is 11.8. The molecule has 4 heteroatoms. The minimum Gasteiger partial charge on any atom is -0.383 e. The van der Waals surface area contributed by atoms with Gasteiger partial charge in [-0.3, -0.25) is 4.79 Å². The highest BCUT2D eigenvalue weighted by Crippen LogP contribution is 2.08. The Balaban J connectivity index is 2.19. The minimum atomic E-state index is -0.0501. The summed E-state index contributed by atoms with van der Waals surface area (Å²) in [6, 6.07) is 9.70. The van der Waals surface area contributed by atoms with Gasteiger partial charge < -0.3 is 4.90 Å². The summed E-state index contributed by atoms with van der Waals surface area (Å²) in [7, 11) is 3.74. The van der Waals surface area contributed by atoms with Crippen LogP contribution in [0.15, 0.2) is 55.0 Å². The van der Waals surface area contributed by atoms with E-state index in [2.05, 4.69) is 5.10 Å². The lowest BCUT2D eigenvalue weighted by molar-refractivity contribution is 0.104. The van der Waals surface area contributed by atoms with Crippen molar-refractivity contribution in [2.24, 2.45) is 0 Å². The number of hydrogen-bond donors (Lipinski definition) is 0. The highest BCUT2D eigenvalue weighted by molar-refractivity contribution is 6.04. The van der Waals surface area contributed by atoms with E-state index in [1.165, 1.54) is 6.08 Å². The first-order chi connectivity index (χ1) is 8.66. The summed E-state index contributed by atoms with van der Waals surface area (Å²) >= 11 is 0. The van der Waals surface area contributed by atoms with E-state index in [0.717, 1.165) is 5.69 Å². The zero-order valence-corrected chi connectivity index (χ0v) is 10.4. The van der Waals surface area contributed by atoms with Crippen molar-refractivity contribution < 1.29 is 4.79 Å². The van der Waals surface area contributed by atoms with Gasteiger partial charge in [0.25, 0.3) is 0 Å². The molecule has 1 heterocycles. The van der Waals surface area contributed by atoms with Crippen LogP contribution in [0.1, 0.15) is 10.4 Å². The summed E-state index contributed by atoms with van der Waals surface area (Å²) in [5, 5.41) is 4.18. The van der Waals surface area contributed by atoms with Crippen LogP contribution in [0.2, 0.25) is 0 Å². The predicted molar refractivity (Wildman–Crippen MR) is 70.7 cm³/mol. The molecule has 0 saturated carbocycles. The van der Waals surface area contributed by atoms with Gasteiger partial charge in [-0.05, 0) is 12.1 Å². The number of carbonyl (C=O) groups is 1. The molecule has 4 nitrogen and oxygen atoms in total. The smallest absolute Gasteiger partial charge is 0.190 e. The highest BCUT2D eigenvalue weighted by atomic mass is 16.1. The number of ketones is 1. The van der Waals surface area contributed by atoms with E-state index < -0.39 is 0 Å². The van der Waals surface area contributed by atoms with Crippen molar-refractivity contribution in [2.75, 3.05) is 14.1 Å². The van der Waals surface area contributed by atoms with E-state index in [-0.39, 0.29) is 5.78 Å². The molecule has 0 aliphatic carbocycles. The number of hydrogen-bond acceptors (Lipinski definition) is 3. The SMILES string of the molecule is CN(C)/C=C/C(=O)c1cnn(-c2ccccc2)c1. The number of rotatable bonds is 4. The summed E-state index contributed by atoms with van der Waals surface area (Å²) in [5.41, 5.74) is 1.52. The molecule has 92 valence electrons. The molecule has 0 radical (unpaired) electrons. The number of aromatic nitrogens is 2. The van der Waals surface area contributed by atoms with Gasteiger partial charge in [0.05, 0.1) is 17.4 Å². The molecule has 0 saturated heterocycles. The van der Waals surface area contributed by atoms with E-state index in [1.54, 1.807) is 23.3 Å². The lowest BCUT2D eigenvalue weighted by Gasteiger charge is -2.01. The Morgan fingerprint density at radius 2 is 2.00 bits per heavy atom. The number of allylic oxidation sites excluding steroid dienone is 1. The maximum absolute atomic E-state index is 11.8. The molecule has 0 aliphatic heterocycles. The molecule has 2 aromatic rings. The van der Waals surface area contributed by atoms with E-state index in [4.69, 9.17) is 0 Å². The van der Waals surface area contributed by atoms with Crippen molar-refractivity contribution in [3.63, 3.8) is 0 Å². The quantitative estimate of drug-likeness (QED) is 0.608. The van der Waals surface area contributed by atoms with Crippen LogP contribution >= 0.6 is 0 Å². The molecule has 0 unspecified atom stereocenters. The van der Waals surface area contributed by atoms with E-state index in [9.17, 15) is 4.79 Å². The molecule has 0 spiro atoms. The fraction of sp³-hybridized carbons (Fsp3) is 0.143. The molecule has 18 heavy (non-hydrogen) atoms. The fourth-order valence-electron chi connectivity index (χ4n) is 1.48. The van der Waals surface area contributed by atoms with Gasteiger partial charge >= 0.3 is 0 Å². The van der Waals surface area contributed by atoms with Crippen molar-refractivity contribution in [1.82, 2.24) is 14.7 Å². The third-order valence-electron chi connectivity index (χ3n) is 2.41. The molecule has 2 rings (SSSR count). The van der Waals surface area contributed by atoms with Gasteiger partial charge in [0.15, 0.2) is 5.78 Å². The summed E-state index contributed by atoms with van der Waals surface area (Å²) in [5.74, 6) is -0.0501. The normalized spacial score (nSPS) is 10.8. The van der Waals surface area contributed by atoms with Gasteiger partial charge in [-0.1, -0.05) is 18.2 Å². The van der Waals surface area contributed by atoms with E-state index in [0.29, 0.717) is 5.56 Å². The molecule has 0 fully saturated rings. The van der Waals surface area contributed by atoms with E-state index >= 15 is 0 Å². The van der Waals surface area contributed by atoms with Crippen molar-refractivity contribution >= 4 is 5.78 Å². The maximum Gasteiger partial charge on any atom is 0.190 e. The Labute approximate surface area is 106 Å². The van der Waals surface area contributed by atoms with Crippen molar-refractivity contribution in [3.05, 3.63) is 60.6 Å². The predicted octanol–water partition coefficient (Wildman–Crippen LogP) is 2.13. The zero-order valence-electron chi connectivity index (χ0n) is 10.4. The molecule has 1 aromatic heterocycles. The average molecular weight is 241 g/mol. The second kappa shape index (κ2) is 5.31. The Morgan fingerprint density at radius 3 is 2.67 bits per heavy atom. The molecule has 1 aromatic carbocycles. The average Bonchev–Trinajstić information content (AvgIpc) is 2.86. The number of para-hydroxylation sites is 1. The molecule has 0 amide bonds. The number of benzene rings is 1. The number of carbonyl (C=O) groups excluding carboxylic acids is 1. The lowest BCUT2D eigenvalue weighted by Crippen LogP contribution is -2.02. The first-order valence-electron chi connectivity index (χ1n) is 5.66. The Kier molecular flexibility index (Phi) is 3.57. The van der Waals surface area contributed by atoms with Gasteiger partial charge in [0.1, 0.15) is 0 Å². The van der Waals surface area contributed by atoms with Crippen molar-refractivity contribution in [2.45, 2.75) is 0 Å². The second-order valence-corrected chi connectivity index (χ2v) is 4.15. The highest BCUT2D eigenvalue weighted by Gasteiger charge is 2.06. The van der Waals surface area contributed by atoms with Crippen LogP contribution in [0.4, 0.5) is 0 Å². The van der Waals surface area contributed by atoms with Gasteiger partial charge in [-0.2, -0.15) is 5.10 Å². The zero-order chi connectivity index (χ0) is 13.0. The van der Waals surface area contributed by atoms with Crippen LogP contribution in [0.25, 0.3) is 5.69 Å². The Hall–Kier alpha value is -2.36. The van der Waals surface area contributed by atoms with Gasteiger partial charge in [0, 0.05) is 32.6 Å².